The Kier molecular flexibility index (Phi) is 4.65. The van der Waals surface area contributed by atoms with E-state index in [0.29, 0.717) is 12.6 Å². The summed E-state index contributed by atoms with van der Waals surface area (Å²) < 4.78 is 5.84. The fraction of sp³-hybridized carbons (Fsp3) is 0.400. The number of piperidine rings is 1. The molecule has 130 valence electrons. The van der Waals surface area contributed by atoms with Gasteiger partial charge in [0.05, 0.1) is 5.69 Å². The summed E-state index contributed by atoms with van der Waals surface area (Å²) in [5.74, 6) is 1.96. The first-order valence-electron chi connectivity index (χ1n) is 8.98. The number of rotatable bonds is 4. The molecule has 0 bridgehead atoms. The zero-order chi connectivity index (χ0) is 17.1. The number of nitrogens with zero attached hydrogens (tertiary/aromatic N) is 3. The van der Waals surface area contributed by atoms with Crippen LogP contribution in [0.1, 0.15) is 24.1 Å². The van der Waals surface area contributed by atoms with Crippen molar-refractivity contribution in [3.63, 3.8) is 0 Å². The monoisotopic (exact) mass is 336 g/mol. The molecule has 2 aliphatic rings. The topological polar surface area (TPSA) is 50.3 Å². The molecule has 0 radical (unpaired) electrons. The highest BCUT2D eigenvalue weighted by Gasteiger charge is 2.21. The molecule has 4 rings (SSSR count). The maximum Gasteiger partial charge on any atom is 0.151 e. The van der Waals surface area contributed by atoms with Crippen LogP contribution in [0.5, 0.6) is 5.75 Å². The van der Waals surface area contributed by atoms with Crippen molar-refractivity contribution in [1.29, 1.82) is 0 Å². The minimum atomic E-state index is 0.468. The molecule has 1 fully saturated rings. The Morgan fingerprint density at radius 3 is 3.00 bits per heavy atom. The number of anilines is 1. The molecule has 0 amide bonds. The van der Waals surface area contributed by atoms with Crippen LogP contribution in [0.25, 0.3) is 6.08 Å². The van der Waals surface area contributed by atoms with E-state index in [1.54, 1.807) is 0 Å². The van der Waals surface area contributed by atoms with Gasteiger partial charge in [-0.2, -0.15) is 5.10 Å². The van der Waals surface area contributed by atoms with E-state index >= 15 is 0 Å². The molecular formula is C20H24N4O. The standard InChI is InChI=1S/C20H24N4O/c1-15-8-9-20(23-22-15)24-10-4-6-18(13-24)21-12-16-11-17-5-2-3-7-19(17)25-14-16/h2-3,5,7-9,11,18,21H,4,6,10,12-14H2,1H3. The van der Waals surface area contributed by atoms with Gasteiger partial charge < -0.3 is 15.0 Å². The number of ether oxygens (including phenoxy) is 1. The molecule has 5 heteroatoms. The quantitative estimate of drug-likeness (QED) is 0.930. The lowest BCUT2D eigenvalue weighted by atomic mass is 10.0. The normalized spacial score (nSPS) is 19.8. The molecule has 5 nitrogen and oxygen atoms in total. The van der Waals surface area contributed by atoms with Gasteiger partial charge in [0.15, 0.2) is 5.82 Å². The van der Waals surface area contributed by atoms with Crippen molar-refractivity contribution in [3.8, 4) is 5.75 Å². The second-order valence-corrected chi connectivity index (χ2v) is 6.83. The fourth-order valence-corrected chi connectivity index (χ4v) is 3.45. The second kappa shape index (κ2) is 7.23. The molecule has 2 aliphatic heterocycles. The predicted octanol–water partition coefficient (Wildman–Crippen LogP) is 2.82. The van der Waals surface area contributed by atoms with E-state index in [-0.39, 0.29) is 0 Å². The summed E-state index contributed by atoms with van der Waals surface area (Å²) in [7, 11) is 0. The van der Waals surface area contributed by atoms with Crippen molar-refractivity contribution < 1.29 is 4.74 Å². The molecule has 0 saturated carbocycles. The zero-order valence-electron chi connectivity index (χ0n) is 14.6. The molecule has 25 heavy (non-hydrogen) atoms. The minimum absolute atomic E-state index is 0.468. The molecule has 0 spiro atoms. The Hall–Kier alpha value is -2.40. The molecule has 1 aromatic carbocycles. The molecule has 2 aromatic rings. The number of hydrogen-bond donors (Lipinski definition) is 1. The van der Waals surface area contributed by atoms with Gasteiger partial charge in [0.25, 0.3) is 0 Å². The van der Waals surface area contributed by atoms with Crippen molar-refractivity contribution in [2.75, 3.05) is 31.1 Å². The third kappa shape index (κ3) is 3.82. The van der Waals surface area contributed by atoms with Gasteiger partial charge in [-0.1, -0.05) is 18.2 Å². The van der Waals surface area contributed by atoms with Gasteiger partial charge in [-0.15, -0.1) is 5.10 Å². The predicted molar refractivity (Wildman–Crippen MR) is 99.9 cm³/mol. The van der Waals surface area contributed by atoms with Crippen LogP contribution in [0, 0.1) is 6.92 Å². The van der Waals surface area contributed by atoms with Crippen LogP contribution >= 0.6 is 0 Å². The van der Waals surface area contributed by atoms with E-state index in [9.17, 15) is 0 Å². The summed E-state index contributed by atoms with van der Waals surface area (Å²) in [6, 6.07) is 12.8. The Morgan fingerprint density at radius 2 is 2.12 bits per heavy atom. The molecule has 1 aromatic heterocycles. The summed E-state index contributed by atoms with van der Waals surface area (Å²) in [5, 5.41) is 12.2. The Bertz CT molecular complexity index is 757. The lowest BCUT2D eigenvalue weighted by Gasteiger charge is -2.34. The number of aryl methyl sites for hydroxylation is 1. The van der Waals surface area contributed by atoms with Crippen LogP contribution in [-0.4, -0.2) is 42.5 Å². The molecule has 1 N–H and O–H groups in total. The van der Waals surface area contributed by atoms with Crippen molar-refractivity contribution >= 4 is 11.9 Å². The van der Waals surface area contributed by atoms with Gasteiger partial charge >= 0.3 is 0 Å². The molecule has 1 unspecified atom stereocenters. The van der Waals surface area contributed by atoms with E-state index in [1.807, 2.05) is 25.1 Å². The van der Waals surface area contributed by atoms with Crippen molar-refractivity contribution in [2.24, 2.45) is 0 Å². The van der Waals surface area contributed by atoms with Crippen LogP contribution in [0.2, 0.25) is 0 Å². The molecule has 1 atom stereocenters. The maximum absolute atomic E-state index is 5.84. The lowest BCUT2D eigenvalue weighted by Crippen LogP contribution is -2.46. The number of para-hydroxylation sites is 1. The average molecular weight is 336 g/mol. The number of hydrogen-bond acceptors (Lipinski definition) is 5. The third-order valence-corrected chi connectivity index (χ3v) is 4.84. The van der Waals surface area contributed by atoms with Gasteiger partial charge in [0.1, 0.15) is 12.4 Å². The Morgan fingerprint density at radius 1 is 1.20 bits per heavy atom. The molecule has 0 aliphatic carbocycles. The summed E-state index contributed by atoms with van der Waals surface area (Å²) in [6.07, 6.45) is 4.62. The fourth-order valence-electron chi connectivity index (χ4n) is 3.45. The third-order valence-electron chi connectivity index (χ3n) is 4.84. The van der Waals surface area contributed by atoms with Crippen LogP contribution < -0.4 is 15.0 Å². The minimum Gasteiger partial charge on any atom is -0.489 e. The van der Waals surface area contributed by atoms with E-state index in [0.717, 1.165) is 36.9 Å². The largest absolute Gasteiger partial charge is 0.489 e. The summed E-state index contributed by atoms with van der Waals surface area (Å²) in [5.41, 5.74) is 3.43. The highest BCUT2D eigenvalue weighted by atomic mass is 16.5. The van der Waals surface area contributed by atoms with Gasteiger partial charge in [-0.05, 0) is 49.6 Å². The smallest absolute Gasteiger partial charge is 0.151 e. The SMILES string of the molecule is Cc1ccc(N2CCCC(NCC3=Cc4ccccc4OC3)C2)nn1. The van der Waals surface area contributed by atoms with Crippen LogP contribution in [0.4, 0.5) is 5.82 Å². The second-order valence-electron chi connectivity index (χ2n) is 6.83. The number of aromatic nitrogens is 2. The van der Waals surface area contributed by atoms with E-state index in [2.05, 4.69) is 44.7 Å². The first-order chi connectivity index (χ1) is 12.3. The number of benzene rings is 1. The van der Waals surface area contributed by atoms with Crippen LogP contribution in [-0.2, 0) is 0 Å². The van der Waals surface area contributed by atoms with Gasteiger partial charge in [0, 0.05) is 31.2 Å². The van der Waals surface area contributed by atoms with E-state index < -0.39 is 0 Å². The summed E-state index contributed by atoms with van der Waals surface area (Å²) in [6.45, 7) is 5.53. The molecular weight excluding hydrogens is 312 g/mol. The van der Waals surface area contributed by atoms with Crippen LogP contribution in [0.3, 0.4) is 0 Å². The number of fused-ring (bicyclic) bond motifs is 1. The Labute approximate surface area is 148 Å². The molecule has 1 saturated heterocycles. The van der Waals surface area contributed by atoms with Gasteiger partial charge in [0.2, 0.25) is 0 Å². The first-order valence-corrected chi connectivity index (χ1v) is 8.98. The number of nitrogens with one attached hydrogen (secondary N) is 1. The van der Waals surface area contributed by atoms with Gasteiger partial charge in [-0.3, -0.25) is 0 Å². The summed E-state index contributed by atoms with van der Waals surface area (Å²) in [4.78, 5) is 2.33. The van der Waals surface area contributed by atoms with Crippen molar-refractivity contribution in [1.82, 2.24) is 15.5 Å². The van der Waals surface area contributed by atoms with Crippen molar-refractivity contribution in [3.05, 3.63) is 53.2 Å². The molecule has 3 heterocycles. The lowest BCUT2D eigenvalue weighted by molar-refractivity contribution is 0.338. The van der Waals surface area contributed by atoms with Gasteiger partial charge in [-0.25, -0.2) is 0 Å². The van der Waals surface area contributed by atoms with Crippen LogP contribution in [0.15, 0.2) is 42.0 Å². The highest BCUT2D eigenvalue weighted by molar-refractivity contribution is 5.62. The average Bonchev–Trinajstić information content (AvgIpc) is 2.67. The highest BCUT2D eigenvalue weighted by Crippen LogP contribution is 2.25. The van der Waals surface area contributed by atoms with E-state index in [4.69, 9.17) is 4.74 Å². The maximum atomic E-state index is 5.84. The first kappa shape index (κ1) is 16.1. The van der Waals surface area contributed by atoms with Crippen molar-refractivity contribution in [2.45, 2.75) is 25.8 Å². The zero-order valence-corrected chi connectivity index (χ0v) is 14.6. The summed E-state index contributed by atoms with van der Waals surface area (Å²) >= 11 is 0. The van der Waals surface area contributed by atoms with E-state index in [1.165, 1.54) is 24.0 Å². The Balaban J connectivity index is 1.35.